The van der Waals surface area contributed by atoms with Gasteiger partial charge < -0.3 is 19.8 Å². The van der Waals surface area contributed by atoms with Crippen molar-refractivity contribution in [2.75, 3.05) is 39.8 Å². The average Bonchev–Trinajstić information content (AvgIpc) is 3.26. The van der Waals surface area contributed by atoms with Crippen LogP contribution in [0.2, 0.25) is 0 Å². The Morgan fingerprint density at radius 2 is 2.12 bits per heavy atom. The molecule has 0 amide bonds. The van der Waals surface area contributed by atoms with E-state index in [1.165, 1.54) is 12.8 Å². The van der Waals surface area contributed by atoms with Crippen LogP contribution >= 0.6 is 0 Å². The predicted octanol–water partition coefficient (Wildman–Crippen LogP) is 2.40. The van der Waals surface area contributed by atoms with Crippen molar-refractivity contribution in [2.24, 2.45) is 4.99 Å². The molecular formula is C18H32N4O2. The molecule has 2 heterocycles. The van der Waals surface area contributed by atoms with E-state index in [1.54, 1.807) is 13.3 Å². The second-order valence-electron chi connectivity index (χ2n) is 6.43. The van der Waals surface area contributed by atoms with E-state index in [9.17, 15) is 0 Å². The topological polar surface area (TPSA) is 62.0 Å². The average molecular weight is 336 g/mol. The van der Waals surface area contributed by atoms with Gasteiger partial charge in [-0.3, -0.25) is 9.89 Å². The summed E-state index contributed by atoms with van der Waals surface area (Å²) in [5.74, 6) is 1.85. The maximum absolute atomic E-state index is 5.65. The molecule has 1 aromatic rings. The summed E-state index contributed by atoms with van der Waals surface area (Å²) in [6.45, 7) is 8.78. The Balaban J connectivity index is 1.77. The van der Waals surface area contributed by atoms with Crippen molar-refractivity contribution in [1.82, 2.24) is 15.5 Å². The molecule has 1 aliphatic heterocycles. The minimum Gasteiger partial charge on any atom is -0.468 e. The van der Waals surface area contributed by atoms with Crippen molar-refractivity contribution in [3.8, 4) is 0 Å². The lowest BCUT2D eigenvalue weighted by molar-refractivity contribution is 0.0776. The number of aliphatic imine (C=N–C) groups is 1. The van der Waals surface area contributed by atoms with Crippen molar-refractivity contribution in [3.63, 3.8) is 0 Å². The van der Waals surface area contributed by atoms with Crippen LogP contribution in [-0.2, 0) is 4.74 Å². The van der Waals surface area contributed by atoms with Gasteiger partial charge in [0.15, 0.2) is 5.96 Å². The van der Waals surface area contributed by atoms with Gasteiger partial charge in [-0.2, -0.15) is 0 Å². The van der Waals surface area contributed by atoms with Gasteiger partial charge in [0.25, 0.3) is 0 Å². The van der Waals surface area contributed by atoms with E-state index in [4.69, 9.17) is 9.15 Å². The van der Waals surface area contributed by atoms with Crippen LogP contribution in [-0.4, -0.2) is 56.8 Å². The van der Waals surface area contributed by atoms with Gasteiger partial charge in [-0.05, 0) is 58.3 Å². The Morgan fingerprint density at radius 1 is 1.33 bits per heavy atom. The first-order chi connectivity index (χ1) is 11.7. The van der Waals surface area contributed by atoms with Crippen LogP contribution in [0.4, 0.5) is 0 Å². The number of guanidine groups is 1. The summed E-state index contributed by atoms with van der Waals surface area (Å²) in [7, 11) is 1.80. The molecule has 2 rings (SSSR count). The molecule has 6 heteroatoms. The zero-order valence-electron chi connectivity index (χ0n) is 15.3. The molecule has 1 aromatic heterocycles. The van der Waals surface area contributed by atoms with Crippen LogP contribution in [0.3, 0.4) is 0 Å². The number of furan rings is 1. The van der Waals surface area contributed by atoms with Crippen LogP contribution < -0.4 is 10.6 Å². The standard InChI is InChI=1S/C18H32N4O2/c1-15(2)23-13-7-9-20-18(19-3)21-14-16(17-8-6-12-24-17)22-10-4-5-11-22/h6,8,12,15-16H,4-5,7,9-11,13-14H2,1-3H3,(H2,19,20,21). The predicted molar refractivity (Wildman–Crippen MR) is 97.3 cm³/mol. The second-order valence-corrected chi connectivity index (χ2v) is 6.43. The quantitative estimate of drug-likeness (QED) is 0.412. The fraction of sp³-hybridized carbons (Fsp3) is 0.722. The first-order valence-corrected chi connectivity index (χ1v) is 9.04. The smallest absolute Gasteiger partial charge is 0.191 e. The summed E-state index contributed by atoms with van der Waals surface area (Å²) in [6.07, 6.45) is 5.53. The summed E-state index contributed by atoms with van der Waals surface area (Å²) in [5.41, 5.74) is 0. The molecule has 0 bridgehead atoms. The largest absolute Gasteiger partial charge is 0.468 e. The lowest BCUT2D eigenvalue weighted by Crippen LogP contribution is -2.43. The van der Waals surface area contributed by atoms with Crippen LogP contribution in [0.25, 0.3) is 0 Å². The number of hydrogen-bond donors (Lipinski definition) is 2. The number of nitrogens with zero attached hydrogens (tertiary/aromatic N) is 2. The van der Waals surface area contributed by atoms with Crippen molar-refractivity contribution < 1.29 is 9.15 Å². The van der Waals surface area contributed by atoms with Crippen LogP contribution in [0.1, 0.15) is 44.9 Å². The highest BCUT2D eigenvalue weighted by atomic mass is 16.5. The number of likely N-dealkylation sites (tertiary alicyclic amines) is 1. The third kappa shape index (κ3) is 6.17. The monoisotopic (exact) mass is 336 g/mol. The van der Waals surface area contributed by atoms with E-state index < -0.39 is 0 Å². The highest BCUT2D eigenvalue weighted by Gasteiger charge is 2.25. The summed E-state index contributed by atoms with van der Waals surface area (Å²) in [6, 6.07) is 4.27. The second kappa shape index (κ2) is 10.4. The maximum atomic E-state index is 5.65. The van der Waals surface area contributed by atoms with Crippen LogP contribution in [0.15, 0.2) is 27.8 Å². The molecule has 1 atom stereocenters. The molecule has 24 heavy (non-hydrogen) atoms. The van der Waals surface area contributed by atoms with Crippen molar-refractivity contribution >= 4 is 5.96 Å². The zero-order valence-corrected chi connectivity index (χ0v) is 15.3. The van der Waals surface area contributed by atoms with Crippen LogP contribution in [0, 0.1) is 0 Å². The normalized spacial score (nSPS) is 17.4. The van der Waals surface area contributed by atoms with Gasteiger partial charge in [-0.15, -0.1) is 0 Å². The summed E-state index contributed by atoms with van der Waals surface area (Å²) < 4.78 is 11.2. The Labute approximate surface area is 145 Å². The highest BCUT2D eigenvalue weighted by molar-refractivity contribution is 5.79. The number of hydrogen-bond acceptors (Lipinski definition) is 4. The molecule has 1 saturated heterocycles. The Kier molecular flexibility index (Phi) is 8.12. The minimum absolute atomic E-state index is 0.255. The van der Waals surface area contributed by atoms with E-state index in [2.05, 4.69) is 40.4 Å². The first kappa shape index (κ1) is 18.8. The number of nitrogens with one attached hydrogen (secondary N) is 2. The summed E-state index contributed by atoms with van der Waals surface area (Å²) in [4.78, 5) is 6.79. The van der Waals surface area contributed by atoms with Gasteiger partial charge in [0, 0.05) is 26.7 Å². The fourth-order valence-corrected chi connectivity index (χ4v) is 2.96. The van der Waals surface area contributed by atoms with Gasteiger partial charge in [0.05, 0.1) is 18.4 Å². The van der Waals surface area contributed by atoms with Crippen molar-refractivity contribution in [1.29, 1.82) is 0 Å². The van der Waals surface area contributed by atoms with Crippen molar-refractivity contribution in [3.05, 3.63) is 24.2 Å². The SMILES string of the molecule is CN=C(NCCCOC(C)C)NCC(c1ccco1)N1CCCC1. The van der Waals surface area contributed by atoms with Crippen LogP contribution in [0.5, 0.6) is 0 Å². The van der Waals surface area contributed by atoms with E-state index in [0.29, 0.717) is 0 Å². The number of rotatable bonds is 9. The minimum atomic E-state index is 0.255. The van der Waals surface area contributed by atoms with Gasteiger partial charge in [-0.1, -0.05) is 0 Å². The lowest BCUT2D eigenvalue weighted by Gasteiger charge is -2.26. The Morgan fingerprint density at radius 3 is 2.75 bits per heavy atom. The molecule has 0 spiro atoms. The maximum Gasteiger partial charge on any atom is 0.191 e. The third-order valence-corrected chi connectivity index (χ3v) is 4.20. The van der Waals surface area contributed by atoms with Gasteiger partial charge in [0.1, 0.15) is 5.76 Å². The van der Waals surface area contributed by atoms with Gasteiger partial charge in [0.2, 0.25) is 0 Å². The molecule has 0 radical (unpaired) electrons. The summed E-state index contributed by atoms with van der Waals surface area (Å²) in [5, 5.41) is 6.77. The molecule has 2 N–H and O–H groups in total. The molecule has 136 valence electrons. The molecule has 6 nitrogen and oxygen atoms in total. The first-order valence-electron chi connectivity index (χ1n) is 9.04. The van der Waals surface area contributed by atoms with Crippen molar-refractivity contribution in [2.45, 2.75) is 45.3 Å². The molecule has 1 aliphatic rings. The molecule has 0 aromatic carbocycles. The molecule has 1 fully saturated rings. The molecule has 0 saturated carbocycles. The van der Waals surface area contributed by atoms with E-state index >= 15 is 0 Å². The lowest BCUT2D eigenvalue weighted by atomic mass is 10.2. The summed E-state index contributed by atoms with van der Waals surface area (Å²) >= 11 is 0. The van der Waals surface area contributed by atoms with E-state index in [1.807, 2.05) is 6.07 Å². The van der Waals surface area contributed by atoms with E-state index in [0.717, 1.165) is 50.9 Å². The van der Waals surface area contributed by atoms with Gasteiger partial charge in [-0.25, -0.2) is 0 Å². The fourth-order valence-electron chi connectivity index (χ4n) is 2.96. The highest BCUT2D eigenvalue weighted by Crippen LogP contribution is 2.24. The zero-order chi connectivity index (χ0) is 17.2. The van der Waals surface area contributed by atoms with E-state index in [-0.39, 0.29) is 12.1 Å². The Bertz CT molecular complexity index is 467. The molecule has 1 unspecified atom stereocenters. The Hall–Kier alpha value is -1.53. The van der Waals surface area contributed by atoms with Gasteiger partial charge >= 0.3 is 0 Å². The molecule has 0 aliphatic carbocycles. The third-order valence-electron chi connectivity index (χ3n) is 4.20. The number of ether oxygens (including phenoxy) is 1. The molecular weight excluding hydrogens is 304 g/mol.